The maximum atomic E-state index is 13.6. The average Bonchev–Trinajstić information content (AvgIpc) is 3.17. The van der Waals surface area contributed by atoms with Crippen LogP contribution in [0.3, 0.4) is 0 Å². The van der Waals surface area contributed by atoms with Crippen LogP contribution in [0.4, 0.5) is 0 Å². The van der Waals surface area contributed by atoms with E-state index in [1.165, 1.54) is 14.2 Å². The number of methoxy groups -OCH3 is 2. The maximum absolute atomic E-state index is 13.6. The number of fused-ring (bicyclic) bond motifs is 2. The number of esters is 1. The van der Waals surface area contributed by atoms with E-state index in [0.29, 0.717) is 56.8 Å². The SMILES string of the molecule is COC(=O)C1=C(C)NC2=C(C(=O)c3ccccc32)[C@H]1c1cc(Cl)c(OCc2cccc(C)c2)c(OC)c1. The lowest BCUT2D eigenvalue weighted by Gasteiger charge is -2.29. The van der Waals surface area contributed by atoms with E-state index in [0.717, 1.165) is 16.7 Å². The van der Waals surface area contributed by atoms with Crippen LogP contribution < -0.4 is 14.8 Å². The van der Waals surface area contributed by atoms with E-state index in [-0.39, 0.29) is 5.78 Å². The topological polar surface area (TPSA) is 73.9 Å². The number of rotatable bonds is 6. The van der Waals surface area contributed by atoms with E-state index in [1.807, 2.05) is 49.4 Å². The van der Waals surface area contributed by atoms with E-state index in [2.05, 4.69) is 5.32 Å². The predicted octanol–water partition coefficient (Wildman–Crippen LogP) is 5.98. The summed E-state index contributed by atoms with van der Waals surface area (Å²) >= 11 is 6.74. The summed E-state index contributed by atoms with van der Waals surface area (Å²) < 4.78 is 16.8. The van der Waals surface area contributed by atoms with Crippen LogP contribution in [0.5, 0.6) is 11.5 Å². The highest BCUT2D eigenvalue weighted by Gasteiger charge is 2.43. The molecule has 0 spiro atoms. The lowest BCUT2D eigenvalue weighted by atomic mass is 9.79. The third-order valence-electron chi connectivity index (χ3n) is 6.70. The van der Waals surface area contributed by atoms with Gasteiger partial charge in [0.25, 0.3) is 0 Å². The molecule has 0 unspecified atom stereocenters. The smallest absolute Gasteiger partial charge is 0.336 e. The maximum Gasteiger partial charge on any atom is 0.336 e. The summed E-state index contributed by atoms with van der Waals surface area (Å²) in [5.41, 5.74) is 6.24. The number of hydrogen-bond donors (Lipinski definition) is 1. The van der Waals surface area contributed by atoms with Gasteiger partial charge in [-0.15, -0.1) is 0 Å². The number of hydrogen-bond acceptors (Lipinski definition) is 6. The zero-order valence-electron chi connectivity index (χ0n) is 21.0. The van der Waals surface area contributed by atoms with Crippen molar-refractivity contribution in [3.8, 4) is 11.5 Å². The van der Waals surface area contributed by atoms with Gasteiger partial charge >= 0.3 is 5.97 Å². The van der Waals surface area contributed by atoms with E-state index in [1.54, 1.807) is 25.1 Å². The summed E-state index contributed by atoms with van der Waals surface area (Å²) in [5, 5.41) is 3.59. The Hall–Kier alpha value is -4.03. The molecule has 188 valence electrons. The number of allylic oxidation sites excluding steroid dienone is 2. The molecular weight excluding hydrogens is 490 g/mol. The molecule has 5 rings (SSSR count). The molecule has 0 saturated heterocycles. The van der Waals surface area contributed by atoms with Gasteiger partial charge in [-0.3, -0.25) is 4.79 Å². The van der Waals surface area contributed by atoms with Crippen LogP contribution in [0.2, 0.25) is 5.02 Å². The number of benzene rings is 3. The molecule has 37 heavy (non-hydrogen) atoms. The van der Waals surface area contributed by atoms with Crippen LogP contribution in [0.25, 0.3) is 5.70 Å². The first-order valence-corrected chi connectivity index (χ1v) is 12.2. The summed E-state index contributed by atoms with van der Waals surface area (Å²) in [7, 11) is 2.85. The minimum absolute atomic E-state index is 0.146. The van der Waals surface area contributed by atoms with Gasteiger partial charge in [0.2, 0.25) is 0 Å². The van der Waals surface area contributed by atoms with Gasteiger partial charge in [0.1, 0.15) is 6.61 Å². The molecule has 3 aromatic carbocycles. The minimum Gasteiger partial charge on any atom is -0.493 e. The van der Waals surface area contributed by atoms with E-state index in [4.69, 9.17) is 25.8 Å². The monoisotopic (exact) mass is 515 g/mol. The molecule has 1 heterocycles. The van der Waals surface area contributed by atoms with Crippen LogP contribution in [-0.2, 0) is 16.1 Å². The van der Waals surface area contributed by atoms with Crippen LogP contribution in [-0.4, -0.2) is 26.0 Å². The largest absolute Gasteiger partial charge is 0.493 e. The molecule has 1 atom stereocenters. The molecule has 7 heteroatoms. The fraction of sp³-hybridized carbons (Fsp3) is 0.200. The molecule has 6 nitrogen and oxygen atoms in total. The number of halogens is 1. The normalized spacial score (nSPS) is 16.2. The van der Waals surface area contributed by atoms with Gasteiger partial charge in [-0.25, -0.2) is 4.79 Å². The van der Waals surface area contributed by atoms with Crippen molar-refractivity contribution in [1.29, 1.82) is 0 Å². The highest BCUT2D eigenvalue weighted by atomic mass is 35.5. The molecule has 0 amide bonds. The van der Waals surface area contributed by atoms with Crippen molar-refractivity contribution in [3.63, 3.8) is 0 Å². The number of carbonyl (C=O) groups excluding carboxylic acids is 2. The molecule has 1 aliphatic carbocycles. The highest BCUT2D eigenvalue weighted by molar-refractivity contribution is 6.32. The van der Waals surface area contributed by atoms with Gasteiger partial charge in [0, 0.05) is 28.3 Å². The van der Waals surface area contributed by atoms with Crippen molar-refractivity contribution in [3.05, 3.63) is 110 Å². The summed E-state index contributed by atoms with van der Waals surface area (Å²) in [4.78, 5) is 26.6. The van der Waals surface area contributed by atoms with E-state index < -0.39 is 11.9 Å². The Bertz CT molecular complexity index is 1500. The predicted molar refractivity (Wildman–Crippen MR) is 142 cm³/mol. The molecule has 0 bridgehead atoms. The van der Waals surface area contributed by atoms with Crippen LogP contribution >= 0.6 is 11.6 Å². The molecule has 0 saturated carbocycles. The summed E-state index contributed by atoms with van der Waals surface area (Å²) in [6.45, 7) is 4.12. The first-order valence-electron chi connectivity index (χ1n) is 11.8. The zero-order chi connectivity index (χ0) is 26.3. The highest BCUT2D eigenvalue weighted by Crippen LogP contribution is 2.49. The molecule has 2 aliphatic rings. The van der Waals surface area contributed by atoms with Gasteiger partial charge in [-0.2, -0.15) is 0 Å². The van der Waals surface area contributed by atoms with Gasteiger partial charge in [0.05, 0.1) is 30.5 Å². The number of ketones is 1. The molecule has 0 radical (unpaired) electrons. The Morgan fingerprint density at radius 2 is 1.76 bits per heavy atom. The summed E-state index contributed by atoms with van der Waals surface area (Å²) in [5.74, 6) is -0.590. The quantitative estimate of drug-likeness (QED) is 0.407. The van der Waals surface area contributed by atoms with Crippen molar-refractivity contribution in [2.75, 3.05) is 14.2 Å². The molecule has 1 N–H and O–H groups in total. The number of ether oxygens (including phenoxy) is 3. The summed E-state index contributed by atoms with van der Waals surface area (Å²) in [6.07, 6.45) is 0. The zero-order valence-corrected chi connectivity index (χ0v) is 21.7. The molecule has 0 fully saturated rings. The van der Waals surface area contributed by atoms with Crippen LogP contribution in [0.15, 0.2) is 77.5 Å². The third-order valence-corrected chi connectivity index (χ3v) is 6.99. The minimum atomic E-state index is -0.708. The number of Topliss-reactive ketones (excluding diaryl/α,β-unsaturated/α-hetero) is 1. The van der Waals surface area contributed by atoms with E-state index in [9.17, 15) is 9.59 Å². The third kappa shape index (κ3) is 4.27. The Morgan fingerprint density at radius 1 is 1.00 bits per heavy atom. The number of dihydropyridines is 1. The van der Waals surface area contributed by atoms with Crippen molar-refractivity contribution < 1.29 is 23.8 Å². The standard InChI is InChI=1S/C30H26ClNO5/c1-16-8-7-9-18(12-16)15-37-29-22(31)13-19(14-23(29)35-3)25-24(30(34)36-4)17(2)32-27-20-10-5-6-11-21(20)28(33)26(25)27/h5-14,25,32H,15H2,1-4H3/t25-/m0/s1. The first kappa shape index (κ1) is 24.7. The molecular formula is C30H26ClNO5. The Balaban J connectivity index is 1.60. The fourth-order valence-corrected chi connectivity index (χ4v) is 5.32. The van der Waals surface area contributed by atoms with Crippen LogP contribution in [0, 0.1) is 6.92 Å². The lowest BCUT2D eigenvalue weighted by molar-refractivity contribution is -0.136. The average molecular weight is 516 g/mol. The van der Waals surface area contributed by atoms with Gasteiger partial charge in [0.15, 0.2) is 17.3 Å². The van der Waals surface area contributed by atoms with Crippen molar-refractivity contribution in [1.82, 2.24) is 5.32 Å². The van der Waals surface area contributed by atoms with E-state index >= 15 is 0 Å². The molecule has 1 aliphatic heterocycles. The second kappa shape index (κ2) is 9.79. The van der Waals surface area contributed by atoms with Crippen molar-refractivity contribution in [2.45, 2.75) is 26.4 Å². The van der Waals surface area contributed by atoms with Gasteiger partial charge < -0.3 is 19.5 Å². The lowest BCUT2D eigenvalue weighted by Crippen LogP contribution is -2.29. The fourth-order valence-electron chi connectivity index (χ4n) is 5.05. The second-order valence-corrected chi connectivity index (χ2v) is 9.47. The summed E-state index contributed by atoms with van der Waals surface area (Å²) in [6, 6.07) is 18.9. The second-order valence-electron chi connectivity index (χ2n) is 9.06. The van der Waals surface area contributed by atoms with Crippen molar-refractivity contribution in [2.24, 2.45) is 0 Å². The number of carbonyl (C=O) groups is 2. The molecule has 0 aromatic heterocycles. The number of aryl methyl sites for hydroxylation is 1. The van der Waals surface area contributed by atoms with Crippen LogP contribution in [0.1, 0.15) is 45.5 Å². The van der Waals surface area contributed by atoms with Gasteiger partial charge in [-0.05, 0) is 37.1 Å². The first-order chi connectivity index (χ1) is 17.8. The molecule has 3 aromatic rings. The van der Waals surface area contributed by atoms with Crippen molar-refractivity contribution >= 4 is 29.1 Å². The Labute approximate surface area is 220 Å². The van der Waals surface area contributed by atoms with Gasteiger partial charge in [-0.1, -0.05) is 65.7 Å². The Kier molecular flexibility index (Phi) is 6.52. The Morgan fingerprint density at radius 3 is 2.46 bits per heavy atom. The number of nitrogens with one attached hydrogen (secondary N) is 1.